The molecule has 2 aromatic carbocycles. The summed E-state index contributed by atoms with van der Waals surface area (Å²) in [6.07, 6.45) is 1.51. The highest BCUT2D eigenvalue weighted by Crippen LogP contribution is 2.28. The van der Waals surface area contributed by atoms with E-state index in [-0.39, 0.29) is 5.69 Å². The number of hydrogen-bond acceptors (Lipinski definition) is 5. The predicted octanol–water partition coefficient (Wildman–Crippen LogP) is 3.02. The summed E-state index contributed by atoms with van der Waals surface area (Å²) in [6.45, 7) is 1.95. The molecular formula is C17H15N3O4. The quantitative estimate of drug-likeness (QED) is 0.418. The standard InChI is InChI=1S/C17H15N3O4/c1-11-6-8-12(9-7-11)16(17(21)24-2)19-10-13-14(18-19)4-3-5-15(13)20(22)23/h3-10,16H,1-2H3. The molecule has 122 valence electrons. The van der Waals surface area contributed by atoms with Crippen LogP contribution in [0.3, 0.4) is 0 Å². The maximum atomic E-state index is 12.3. The van der Waals surface area contributed by atoms with E-state index in [4.69, 9.17) is 4.74 Å². The summed E-state index contributed by atoms with van der Waals surface area (Å²) in [7, 11) is 1.30. The van der Waals surface area contributed by atoms with Gasteiger partial charge in [-0.1, -0.05) is 35.9 Å². The van der Waals surface area contributed by atoms with Gasteiger partial charge in [-0.2, -0.15) is 5.10 Å². The second-order valence-electron chi connectivity index (χ2n) is 5.41. The summed E-state index contributed by atoms with van der Waals surface area (Å²) in [6, 6.07) is 11.2. The first-order chi connectivity index (χ1) is 11.5. The SMILES string of the molecule is COC(=O)C(c1ccc(C)cc1)n1cc2c([N+](=O)[O-])cccc2n1. The second-order valence-corrected chi connectivity index (χ2v) is 5.41. The van der Waals surface area contributed by atoms with E-state index in [1.165, 1.54) is 24.1 Å². The fourth-order valence-electron chi connectivity index (χ4n) is 2.59. The molecule has 0 saturated heterocycles. The number of aryl methyl sites for hydroxylation is 1. The molecule has 1 heterocycles. The number of non-ortho nitro benzene ring substituents is 1. The van der Waals surface area contributed by atoms with Gasteiger partial charge < -0.3 is 4.74 Å². The maximum absolute atomic E-state index is 12.3. The third-order valence-corrected chi connectivity index (χ3v) is 3.82. The van der Waals surface area contributed by atoms with Crippen LogP contribution >= 0.6 is 0 Å². The molecule has 0 radical (unpaired) electrons. The fourth-order valence-corrected chi connectivity index (χ4v) is 2.59. The van der Waals surface area contributed by atoms with Gasteiger partial charge in [0.15, 0.2) is 6.04 Å². The number of rotatable bonds is 4. The monoisotopic (exact) mass is 325 g/mol. The van der Waals surface area contributed by atoms with Crippen LogP contribution < -0.4 is 0 Å². The van der Waals surface area contributed by atoms with Gasteiger partial charge in [0.05, 0.1) is 22.9 Å². The molecule has 0 aliphatic carbocycles. The number of hydrogen-bond donors (Lipinski definition) is 0. The van der Waals surface area contributed by atoms with Crippen LogP contribution in [0.1, 0.15) is 17.2 Å². The number of fused-ring (bicyclic) bond motifs is 1. The van der Waals surface area contributed by atoms with Crippen LogP contribution in [0.25, 0.3) is 10.9 Å². The number of carbonyl (C=O) groups excluding carboxylic acids is 1. The first-order valence-corrected chi connectivity index (χ1v) is 7.28. The van der Waals surface area contributed by atoms with Crippen molar-refractivity contribution >= 4 is 22.6 Å². The van der Waals surface area contributed by atoms with Crippen LogP contribution in [0.4, 0.5) is 5.69 Å². The molecule has 3 rings (SSSR count). The van der Waals surface area contributed by atoms with Crippen LogP contribution in [0.15, 0.2) is 48.7 Å². The first-order valence-electron chi connectivity index (χ1n) is 7.28. The van der Waals surface area contributed by atoms with Crippen molar-refractivity contribution in [2.75, 3.05) is 7.11 Å². The smallest absolute Gasteiger partial charge is 0.335 e. The fraction of sp³-hybridized carbons (Fsp3) is 0.176. The summed E-state index contributed by atoms with van der Waals surface area (Å²) in [5, 5.41) is 15.9. The van der Waals surface area contributed by atoms with Crippen molar-refractivity contribution in [1.82, 2.24) is 9.78 Å². The Morgan fingerprint density at radius 1 is 1.25 bits per heavy atom. The van der Waals surface area contributed by atoms with Gasteiger partial charge in [0.2, 0.25) is 0 Å². The lowest BCUT2D eigenvalue weighted by molar-refractivity contribution is -0.383. The molecule has 0 saturated carbocycles. The minimum absolute atomic E-state index is 0.0497. The molecule has 1 atom stereocenters. The van der Waals surface area contributed by atoms with Gasteiger partial charge in [0.1, 0.15) is 0 Å². The van der Waals surface area contributed by atoms with E-state index in [2.05, 4.69) is 5.10 Å². The molecule has 1 aromatic heterocycles. The average molecular weight is 325 g/mol. The molecule has 0 amide bonds. The second kappa shape index (κ2) is 6.11. The largest absolute Gasteiger partial charge is 0.467 e. The van der Waals surface area contributed by atoms with Gasteiger partial charge in [0.25, 0.3) is 5.69 Å². The lowest BCUT2D eigenvalue weighted by Crippen LogP contribution is -2.22. The summed E-state index contributed by atoms with van der Waals surface area (Å²) in [4.78, 5) is 23.0. The topological polar surface area (TPSA) is 87.3 Å². The number of benzene rings is 2. The number of aromatic nitrogens is 2. The number of esters is 1. The van der Waals surface area contributed by atoms with Crippen LogP contribution in [0.2, 0.25) is 0 Å². The van der Waals surface area contributed by atoms with Gasteiger partial charge in [-0.25, -0.2) is 4.79 Å². The Kier molecular flexibility index (Phi) is 3.99. The van der Waals surface area contributed by atoms with Gasteiger partial charge in [0, 0.05) is 12.3 Å². The molecule has 7 heteroatoms. The van der Waals surface area contributed by atoms with Crippen molar-refractivity contribution in [3.63, 3.8) is 0 Å². The normalized spacial score (nSPS) is 12.1. The summed E-state index contributed by atoms with van der Waals surface area (Å²) < 4.78 is 6.30. The highest BCUT2D eigenvalue weighted by molar-refractivity contribution is 5.88. The van der Waals surface area contributed by atoms with Gasteiger partial charge in [-0.3, -0.25) is 14.8 Å². The van der Waals surface area contributed by atoms with Gasteiger partial charge >= 0.3 is 5.97 Å². The zero-order valence-electron chi connectivity index (χ0n) is 13.2. The molecular weight excluding hydrogens is 310 g/mol. The van der Waals surface area contributed by atoms with E-state index in [9.17, 15) is 14.9 Å². The number of methoxy groups -OCH3 is 1. The van der Waals surface area contributed by atoms with Crippen molar-refractivity contribution < 1.29 is 14.5 Å². The molecule has 7 nitrogen and oxygen atoms in total. The third-order valence-electron chi connectivity index (χ3n) is 3.82. The van der Waals surface area contributed by atoms with E-state index >= 15 is 0 Å². The Bertz CT molecular complexity index is 915. The lowest BCUT2D eigenvalue weighted by atomic mass is 10.1. The van der Waals surface area contributed by atoms with E-state index in [1.54, 1.807) is 12.1 Å². The lowest BCUT2D eigenvalue weighted by Gasteiger charge is -2.15. The molecule has 0 bridgehead atoms. The molecule has 1 unspecified atom stereocenters. The van der Waals surface area contributed by atoms with E-state index in [0.29, 0.717) is 16.5 Å². The zero-order valence-corrected chi connectivity index (χ0v) is 13.2. The van der Waals surface area contributed by atoms with Crippen molar-refractivity contribution in [1.29, 1.82) is 0 Å². The number of carbonyl (C=O) groups is 1. The molecule has 0 aliphatic heterocycles. The van der Waals surface area contributed by atoms with E-state index in [1.807, 2.05) is 31.2 Å². The molecule has 0 N–H and O–H groups in total. The Morgan fingerprint density at radius 3 is 2.58 bits per heavy atom. The molecule has 0 spiro atoms. The highest BCUT2D eigenvalue weighted by atomic mass is 16.6. The maximum Gasteiger partial charge on any atom is 0.335 e. The molecule has 24 heavy (non-hydrogen) atoms. The highest BCUT2D eigenvalue weighted by Gasteiger charge is 2.26. The Hall–Kier alpha value is -3.22. The van der Waals surface area contributed by atoms with E-state index in [0.717, 1.165) is 5.56 Å². The van der Waals surface area contributed by atoms with Crippen LogP contribution in [-0.4, -0.2) is 27.8 Å². The number of nitrogens with zero attached hydrogens (tertiary/aromatic N) is 3. The average Bonchev–Trinajstić information content (AvgIpc) is 2.99. The van der Waals surface area contributed by atoms with Gasteiger partial charge in [-0.05, 0) is 18.6 Å². The molecule has 0 fully saturated rings. The minimum Gasteiger partial charge on any atom is -0.467 e. The molecule has 3 aromatic rings. The third kappa shape index (κ3) is 2.71. The van der Waals surface area contributed by atoms with Crippen molar-refractivity contribution in [2.24, 2.45) is 0 Å². The Balaban J connectivity index is 2.16. The zero-order chi connectivity index (χ0) is 17.3. The van der Waals surface area contributed by atoms with Crippen molar-refractivity contribution in [3.8, 4) is 0 Å². The van der Waals surface area contributed by atoms with E-state index < -0.39 is 16.9 Å². The van der Waals surface area contributed by atoms with Crippen LogP contribution in [0, 0.1) is 17.0 Å². The summed E-state index contributed by atoms with van der Waals surface area (Å²) in [5.74, 6) is -0.491. The Labute approximate surface area is 137 Å². The Morgan fingerprint density at radius 2 is 1.96 bits per heavy atom. The molecule has 0 aliphatic rings. The number of ether oxygens (including phenoxy) is 1. The first kappa shape index (κ1) is 15.7. The summed E-state index contributed by atoms with van der Waals surface area (Å²) in [5.41, 5.74) is 2.16. The van der Waals surface area contributed by atoms with Crippen molar-refractivity contribution in [3.05, 3.63) is 69.9 Å². The van der Waals surface area contributed by atoms with Crippen molar-refractivity contribution in [2.45, 2.75) is 13.0 Å². The minimum atomic E-state index is -0.803. The number of nitro groups is 1. The van der Waals surface area contributed by atoms with Crippen LogP contribution in [-0.2, 0) is 9.53 Å². The van der Waals surface area contributed by atoms with Gasteiger partial charge in [-0.15, -0.1) is 0 Å². The van der Waals surface area contributed by atoms with Crippen LogP contribution in [0.5, 0.6) is 0 Å². The number of nitro benzene ring substituents is 1. The summed E-state index contributed by atoms with van der Waals surface area (Å²) >= 11 is 0. The predicted molar refractivity (Wildman–Crippen MR) is 87.7 cm³/mol.